The Hall–Kier alpha value is -1.57. The molecule has 0 amide bonds. The zero-order chi connectivity index (χ0) is 17.2. The van der Waals surface area contributed by atoms with Crippen molar-refractivity contribution < 1.29 is 4.42 Å². The highest BCUT2D eigenvalue weighted by atomic mass is 127. The van der Waals surface area contributed by atoms with Crippen molar-refractivity contribution in [1.29, 1.82) is 0 Å². The van der Waals surface area contributed by atoms with Gasteiger partial charge in [-0.25, -0.2) is 9.98 Å². The highest BCUT2D eigenvalue weighted by Crippen LogP contribution is 2.19. The number of nitrogens with zero attached hydrogens (tertiary/aromatic N) is 2. The third-order valence-corrected chi connectivity index (χ3v) is 3.67. The number of hydrogen-bond donors (Lipinski definition) is 2. The topological polar surface area (TPSA) is 62.5 Å². The molecule has 2 rings (SSSR count). The predicted octanol–water partition coefficient (Wildman–Crippen LogP) is 4.51. The molecule has 0 aliphatic heterocycles. The first-order valence-corrected chi connectivity index (χ1v) is 8.76. The Morgan fingerprint density at radius 2 is 1.88 bits per heavy atom. The number of hydrogen-bond acceptors (Lipinski definition) is 3. The zero-order valence-corrected chi connectivity index (χ0v) is 17.7. The molecule has 6 heteroatoms. The van der Waals surface area contributed by atoms with Crippen LogP contribution in [0.15, 0.2) is 39.9 Å². The second-order valence-corrected chi connectivity index (χ2v) is 5.84. The fraction of sp³-hybridized carbons (Fsp3) is 0.474. The Morgan fingerprint density at radius 1 is 1.12 bits per heavy atom. The molecule has 0 unspecified atom stereocenters. The van der Waals surface area contributed by atoms with E-state index in [0.29, 0.717) is 12.4 Å². The molecule has 0 spiro atoms. The Kier molecular flexibility index (Phi) is 10.2. The Morgan fingerprint density at radius 3 is 2.56 bits per heavy atom. The average Bonchev–Trinajstić information content (AvgIpc) is 3.06. The summed E-state index contributed by atoms with van der Waals surface area (Å²) >= 11 is 0. The van der Waals surface area contributed by atoms with Gasteiger partial charge in [-0.05, 0) is 32.4 Å². The summed E-state index contributed by atoms with van der Waals surface area (Å²) in [5.74, 6) is 1.47. The Labute approximate surface area is 167 Å². The molecule has 2 aromatic rings. The van der Waals surface area contributed by atoms with Crippen molar-refractivity contribution >= 4 is 29.9 Å². The lowest BCUT2D eigenvalue weighted by atomic mass is 10.1. The molecule has 0 aliphatic rings. The van der Waals surface area contributed by atoms with Crippen LogP contribution < -0.4 is 10.6 Å². The number of unbranched alkanes of at least 4 members (excludes halogenated alkanes) is 2. The van der Waals surface area contributed by atoms with Gasteiger partial charge in [-0.2, -0.15) is 0 Å². The molecule has 138 valence electrons. The van der Waals surface area contributed by atoms with Gasteiger partial charge in [-0.15, -0.1) is 24.0 Å². The second-order valence-electron chi connectivity index (χ2n) is 5.84. The van der Waals surface area contributed by atoms with Crippen LogP contribution in [0.25, 0.3) is 11.5 Å². The zero-order valence-electron chi connectivity index (χ0n) is 15.3. The maximum Gasteiger partial charge on any atom is 0.226 e. The van der Waals surface area contributed by atoms with Gasteiger partial charge in [0.2, 0.25) is 5.89 Å². The van der Waals surface area contributed by atoms with Crippen LogP contribution in [0.5, 0.6) is 0 Å². The van der Waals surface area contributed by atoms with Crippen LogP contribution >= 0.6 is 24.0 Å². The molecule has 0 aliphatic carbocycles. The summed E-state index contributed by atoms with van der Waals surface area (Å²) in [6.45, 7) is 8.61. The summed E-state index contributed by atoms with van der Waals surface area (Å²) in [6, 6.07) is 8.16. The van der Waals surface area contributed by atoms with E-state index in [9.17, 15) is 0 Å². The van der Waals surface area contributed by atoms with Gasteiger partial charge < -0.3 is 15.1 Å². The number of nitrogens with one attached hydrogen (secondary N) is 2. The SMILES string of the molecule is CCCCCNC(=NCc1coc(-c2ccc(C)cc2)n1)NCC.I. The van der Waals surface area contributed by atoms with Crippen molar-refractivity contribution in [3.63, 3.8) is 0 Å². The van der Waals surface area contributed by atoms with E-state index >= 15 is 0 Å². The summed E-state index contributed by atoms with van der Waals surface area (Å²) in [5, 5.41) is 6.61. The van der Waals surface area contributed by atoms with Crippen LogP contribution in [0.4, 0.5) is 0 Å². The number of aryl methyl sites for hydroxylation is 1. The van der Waals surface area contributed by atoms with E-state index in [2.05, 4.69) is 53.5 Å². The van der Waals surface area contributed by atoms with Crippen LogP contribution in [-0.2, 0) is 6.54 Å². The molecule has 1 aromatic carbocycles. The summed E-state index contributed by atoms with van der Waals surface area (Å²) in [7, 11) is 0. The number of oxazole rings is 1. The lowest BCUT2D eigenvalue weighted by Crippen LogP contribution is -2.37. The highest BCUT2D eigenvalue weighted by molar-refractivity contribution is 14.0. The van der Waals surface area contributed by atoms with Gasteiger partial charge in [0.15, 0.2) is 5.96 Å². The third-order valence-electron chi connectivity index (χ3n) is 3.67. The smallest absolute Gasteiger partial charge is 0.226 e. The van der Waals surface area contributed by atoms with Crippen LogP contribution in [-0.4, -0.2) is 24.0 Å². The van der Waals surface area contributed by atoms with Crippen molar-refractivity contribution in [2.24, 2.45) is 4.99 Å². The quantitative estimate of drug-likeness (QED) is 0.266. The molecule has 0 radical (unpaired) electrons. The van der Waals surface area contributed by atoms with Crippen molar-refractivity contribution in [3.05, 3.63) is 41.8 Å². The lowest BCUT2D eigenvalue weighted by molar-refractivity contribution is 0.572. The fourth-order valence-corrected chi connectivity index (χ4v) is 2.29. The molecule has 0 fully saturated rings. The fourth-order valence-electron chi connectivity index (χ4n) is 2.29. The summed E-state index contributed by atoms with van der Waals surface area (Å²) < 4.78 is 5.57. The van der Waals surface area contributed by atoms with Gasteiger partial charge in [0.1, 0.15) is 12.0 Å². The van der Waals surface area contributed by atoms with Gasteiger partial charge in [-0.3, -0.25) is 0 Å². The summed E-state index contributed by atoms with van der Waals surface area (Å²) in [5.41, 5.74) is 3.04. The van der Waals surface area contributed by atoms with Crippen molar-refractivity contribution in [3.8, 4) is 11.5 Å². The molecule has 1 aromatic heterocycles. The van der Waals surface area contributed by atoms with Gasteiger partial charge in [0.25, 0.3) is 0 Å². The molecule has 0 atom stereocenters. The lowest BCUT2D eigenvalue weighted by Gasteiger charge is -2.10. The molecule has 0 saturated heterocycles. The molecule has 1 heterocycles. The van der Waals surface area contributed by atoms with Crippen LogP contribution in [0.1, 0.15) is 44.4 Å². The van der Waals surface area contributed by atoms with Crippen molar-refractivity contribution in [2.75, 3.05) is 13.1 Å². The molecular weight excluding hydrogens is 427 g/mol. The summed E-state index contributed by atoms with van der Waals surface area (Å²) in [6.07, 6.45) is 5.29. The minimum atomic E-state index is 0. The standard InChI is InChI=1S/C19H28N4O.HI/c1-4-6-7-12-21-19(20-5-2)22-13-17-14-24-18(23-17)16-10-8-15(3)9-11-16;/h8-11,14H,4-7,12-13H2,1-3H3,(H2,20,21,22);1H. The molecule has 25 heavy (non-hydrogen) atoms. The second kappa shape index (κ2) is 11.9. The van der Waals surface area contributed by atoms with Crippen molar-refractivity contribution in [2.45, 2.75) is 46.6 Å². The van der Waals surface area contributed by atoms with Crippen LogP contribution in [0.2, 0.25) is 0 Å². The first kappa shape index (κ1) is 21.5. The largest absolute Gasteiger partial charge is 0.444 e. The maximum absolute atomic E-state index is 5.57. The highest BCUT2D eigenvalue weighted by Gasteiger charge is 2.06. The minimum absolute atomic E-state index is 0. The number of benzene rings is 1. The number of guanidine groups is 1. The number of halogens is 1. The predicted molar refractivity (Wildman–Crippen MR) is 114 cm³/mol. The van der Waals surface area contributed by atoms with E-state index in [1.54, 1.807) is 6.26 Å². The van der Waals surface area contributed by atoms with Gasteiger partial charge in [0, 0.05) is 18.7 Å². The van der Waals surface area contributed by atoms with E-state index in [1.807, 2.05) is 12.1 Å². The molecule has 5 nitrogen and oxygen atoms in total. The number of aromatic nitrogens is 1. The van der Waals surface area contributed by atoms with E-state index in [-0.39, 0.29) is 24.0 Å². The van der Waals surface area contributed by atoms with E-state index in [1.165, 1.54) is 18.4 Å². The third kappa shape index (κ3) is 7.46. The molecular formula is C19H29IN4O. The van der Waals surface area contributed by atoms with Gasteiger partial charge in [0.05, 0.1) is 6.54 Å². The van der Waals surface area contributed by atoms with E-state index < -0.39 is 0 Å². The molecule has 0 bridgehead atoms. The Balaban J connectivity index is 0.00000312. The monoisotopic (exact) mass is 456 g/mol. The first-order valence-electron chi connectivity index (χ1n) is 8.76. The van der Waals surface area contributed by atoms with Crippen molar-refractivity contribution in [1.82, 2.24) is 15.6 Å². The first-order chi connectivity index (χ1) is 11.7. The van der Waals surface area contributed by atoms with E-state index in [4.69, 9.17) is 4.42 Å². The van der Waals surface area contributed by atoms with Crippen LogP contribution in [0, 0.1) is 6.92 Å². The van der Waals surface area contributed by atoms with Gasteiger partial charge in [-0.1, -0.05) is 37.5 Å². The summed E-state index contributed by atoms with van der Waals surface area (Å²) in [4.78, 5) is 9.10. The number of rotatable bonds is 8. The normalized spacial score (nSPS) is 11.1. The van der Waals surface area contributed by atoms with E-state index in [0.717, 1.165) is 36.7 Å². The molecule has 2 N–H and O–H groups in total. The van der Waals surface area contributed by atoms with Crippen LogP contribution in [0.3, 0.4) is 0 Å². The Bertz CT molecular complexity index is 637. The maximum atomic E-state index is 5.57. The minimum Gasteiger partial charge on any atom is -0.444 e. The van der Waals surface area contributed by atoms with Gasteiger partial charge >= 0.3 is 0 Å². The number of aliphatic imine (C=N–C) groups is 1. The average molecular weight is 456 g/mol. The molecule has 0 saturated carbocycles.